The fourth-order valence-electron chi connectivity index (χ4n) is 6.03. The van der Waals surface area contributed by atoms with Gasteiger partial charge >= 0.3 is 0 Å². The summed E-state index contributed by atoms with van der Waals surface area (Å²) in [6.45, 7) is 18.4. The molecule has 0 spiro atoms. The molecule has 49 heavy (non-hydrogen) atoms. The molecule has 6 heteroatoms. The Morgan fingerprint density at radius 3 is 1.92 bits per heavy atom. The first-order valence-corrected chi connectivity index (χ1v) is 19.3. The number of piperidine rings is 1. The number of rotatable bonds is 15. The maximum atomic E-state index is 14.9. The highest BCUT2D eigenvalue weighted by atomic mass is 19.1. The number of nitrogens with zero attached hydrogens (tertiary/aromatic N) is 2. The number of carbonyl (C=O) groups is 1. The van der Waals surface area contributed by atoms with Gasteiger partial charge < -0.3 is 15.0 Å². The van der Waals surface area contributed by atoms with Crippen LogP contribution in [0.25, 0.3) is 0 Å². The second kappa shape index (κ2) is 26.5. The molecule has 5 nitrogen and oxygen atoms in total. The summed E-state index contributed by atoms with van der Waals surface area (Å²) in [4.78, 5) is 14.4. The van der Waals surface area contributed by atoms with E-state index in [1.165, 1.54) is 96.6 Å². The lowest BCUT2D eigenvalue weighted by Gasteiger charge is -2.37. The van der Waals surface area contributed by atoms with Crippen molar-refractivity contribution in [3.8, 4) is 11.8 Å². The van der Waals surface area contributed by atoms with Crippen LogP contribution in [-0.2, 0) is 12.8 Å². The largest absolute Gasteiger partial charge is 0.493 e. The number of nitriles is 1. The molecule has 1 saturated heterocycles. The third-order valence-electron chi connectivity index (χ3n) is 9.11. The van der Waals surface area contributed by atoms with Gasteiger partial charge in [0.25, 0.3) is 0 Å². The van der Waals surface area contributed by atoms with Crippen molar-refractivity contribution in [2.24, 2.45) is 0 Å². The smallest absolute Gasteiger partial charge is 0.166 e. The number of ketones is 1. The minimum Gasteiger partial charge on any atom is -0.493 e. The number of aryl methyl sites for hydroxylation is 2. The lowest BCUT2D eigenvalue weighted by Crippen LogP contribution is -2.39. The Kier molecular flexibility index (Phi) is 23.7. The normalized spacial score (nSPS) is 13.6. The second-order valence-electron chi connectivity index (χ2n) is 13.2. The molecule has 0 radical (unpaired) electrons. The highest BCUT2D eigenvalue weighted by molar-refractivity contribution is 5.98. The van der Waals surface area contributed by atoms with Crippen LogP contribution in [0.4, 0.5) is 10.1 Å². The number of allylic oxidation sites excluding steroid dienone is 2. The summed E-state index contributed by atoms with van der Waals surface area (Å²) in [6, 6.07) is 14.2. The van der Waals surface area contributed by atoms with Gasteiger partial charge in [-0.1, -0.05) is 103 Å². The van der Waals surface area contributed by atoms with Crippen LogP contribution in [0.2, 0.25) is 0 Å². The van der Waals surface area contributed by atoms with Crippen molar-refractivity contribution in [1.29, 1.82) is 5.26 Å². The summed E-state index contributed by atoms with van der Waals surface area (Å²) in [7, 11) is 0. The number of hydrogen-bond donors (Lipinski definition) is 1. The third kappa shape index (κ3) is 16.3. The highest BCUT2D eigenvalue weighted by Gasteiger charge is 2.25. The number of nitrogens with one attached hydrogen (secondary N) is 1. The molecule has 1 N–H and O–H groups in total. The van der Waals surface area contributed by atoms with Crippen LogP contribution in [0.3, 0.4) is 0 Å². The minimum atomic E-state index is -0.494. The van der Waals surface area contributed by atoms with Crippen LogP contribution in [0, 0.1) is 17.1 Å². The number of ether oxygens (including phenoxy) is 1. The Bertz CT molecular complexity index is 1260. The van der Waals surface area contributed by atoms with Crippen molar-refractivity contribution >= 4 is 11.5 Å². The van der Waals surface area contributed by atoms with Gasteiger partial charge in [0.05, 0.1) is 23.9 Å². The lowest BCUT2D eigenvalue weighted by molar-refractivity contribution is 0.100. The number of Topliss-reactive ketones (excluding diaryl/α,β-unsaturated/α-hetero) is 1. The van der Waals surface area contributed by atoms with Gasteiger partial charge in [0.1, 0.15) is 5.75 Å². The van der Waals surface area contributed by atoms with Crippen LogP contribution in [0.5, 0.6) is 5.75 Å². The standard InChI is InChI=1S/C22H31FN2O2.C13H20.C6H14.C2H3N/c1-4-14-27-20-9-8-19(22(23)21(20)16(3)26)24-18-10-12-25(13-11-18)15(2)17-6-5-7-17;1-3-5-9-13-11-7-6-10-12(13)8-4-2;1-3-5-6-4-2;1-2-3/h8-9,18,24H,4-7,10-14H2,1-3H3;6-7,10-11H,3-5,8-9H2,1-2H3;3-6H2,1-2H3;1H3. The summed E-state index contributed by atoms with van der Waals surface area (Å²) in [5.41, 5.74) is 6.61. The predicted octanol–water partition coefficient (Wildman–Crippen LogP) is 12.2. The molecule has 1 aliphatic carbocycles. The first-order chi connectivity index (χ1) is 23.7. The second-order valence-corrected chi connectivity index (χ2v) is 13.2. The molecule has 2 aromatic rings. The molecule has 4 rings (SSSR count). The van der Waals surface area contributed by atoms with Crippen molar-refractivity contribution in [3.63, 3.8) is 0 Å². The van der Waals surface area contributed by atoms with Gasteiger partial charge in [0.15, 0.2) is 11.6 Å². The monoisotopic (exact) mass is 678 g/mol. The third-order valence-corrected chi connectivity index (χ3v) is 9.11. The highest BCUT2D eigenvalue weighted by Crippen LogP contribution is 2.33. The average Bonchev–Trinajstić information content (AvgIpc) is 3.07. The van der Waals surface area contributed by atoms with Crippen molar-refractivity contribution in [2.45, 2.75) is 158 Å². The van der Waals surface area contributed by atoms with Crippen LogP contribution in [0.1, 0.15) is 160 Å². The molecule has 0 amide bonds. The first kappa shape index (κ1) is 43.7. The predicted molar refractivity (Wildman–Crippen MR) is 207 cm³/mol. The minimum absolute atomic E-state index is 0.0523. The van der Waals surface area contributed by atoms with Gasteiger partial charge in [-0.05, 0) is 94.9 Å². The molecule has 0 bridgehead atoms. The molecule has 1 heterocycles. The topological polar surface area (TPSA) is 65.4 Å². The number of likely N-dealkylation sites (tertiary alicyclic amines) is 1. The van der Waals surface area contributed by atoms with Crippen molar-refractivity contribution < 1.29 is 13.9 Å². The van der Waals surface area contributed by atoms with Crippen molar-refractivity contribution in [1.82, 2.24) is 4.90 Å². The molecule has 274 valence electrons. The van der Waals surface area contributed by atoms with Gasteiger partial charge in [0, 0.05) is 31.8 Å². The SMILES string of the molecule is CC#N.CCCCCC.CCCCc1ccccc1CCC.CCCOc1ccc(NC2CCN(C(C)=C3CCC3)CC2)c(F)c1C(C)=O. The van der Waals surface area contributed by atoms with Crippen LogP contribution >= 0.6 is 0 Å². The van der Waals surface area contributed by atoms with Gasteiger partial charge in [-0.3, -0.25) is 4.79 Å². The van der Waals surface area contributed by atoms with Gasteiger partial charge in [-0.2, -0.15) is 5.26 Å². The Balaban J connectivity index is 0.000000451. The Morgan fingerprint density at radius 1 is 0.878 bits per heavy atom. The number of anilines is 1. The van der Waals surface area contributed by atoms with E-state index in [2.05, 4.69) is 69.1 Å². The zero-order valence-corrected chi connectivity index (χ0v) is 32.4. The van der Waals surface area contributed by atoms with E-state index < -0.39 is 5.82 Å². The van der Waals surface area contributed by atoms with E-state index in [4.69, 9.17) is 10.00 Å². The summed E-state index contributed by atoms with van der Waals surface area (Å²) < 4.78 is 20.5. The van der Waals surface area contributed by atoms with E-state index in [-0.39, 0.29) is 17.4 Å². The molecule has 2 fully saturated rings. The summed E-state index contributed by atoms with van der Waals surface area (Å²) >= 11 is 0. The van der Waals surface area contributed by atoms with Crippen LogP contribution < -0.4 is 10.1 Å². The van der Waals surface area contributed by atoms with E-state index in [0.29, 0.717) is 18.0 Å². The van der Waals surface area contributed by atoms with Gasteiger partial charge in [-0.15, -0.1) is 0 Å². The van der Waals surface area contributed by atoms with E-state index >= 15 is 0 Å². The number of unbranched alkanes of at least 4 members (excludes halogenated alkanes) is 4. The summed E-state index contributed by atoms with van der Waals surface area (Å²) in [6.07, 6.45) is 18.4. The van der Waals surface area contributed by atoms with Crippen molar-refractivity contribution in [3.05, 3.63) is 70.2 Å². The molecule has 1 aliphatic heterocycles. The zero-order valence-electron chi connectivity index (χ0n) is 32.4. The maximum Gasteiger partial charge on any atom is 0.166 e. The van der Waals surface area contributed by atoms with E-state index in [0.717, 1.165) is 32.4 Å². The fraction of sp³-hybridized carbons (Fsp3) is 0.628. The van der Waals surface area contributed by atoms with Crippen molar-refractivity contribution in [2.75, 3.05) is 25.0 Å². The summed E-state index contributed by atoms with van der Waals surface area (Å²) in [5, 5.41) is 10.6. The van der Waals surface area contributed by atoms with Crippen LogP contribution in [0.15, 0.2) is 47.7 Å². The molecular formula is C43H68FN3O2. The maximum absolute atomic E-state index is 14.9. The quantitative estimate of drug-likeness (QED) is 0.150. The molecule has 0 aromatic heterocycles. The number of benzene rings is 2. The summed E-state index contributed by atoms with van der Waals surface area (Å²) in [5.74, 6) is -0.462. The molecular weight excluding hydrogens is 609 g/mol. The molecule has 0 unspecified atom stereocenters. The fourth-order valence-corrected chi connectivity index (χ4v) is 6.03. The van der Waals surface area contributed by atoms with Crippen LogP contribution in [-0.4, -0.2) is 36.4 Å². The Morgan fingerprint density at radius 2 is 1.45 bits per heavy atom. The Labute approximate surface area is 299 Å². The van der Waals surface area contributed by atoms with Gasteiger partial charge in [-0.25, -0.2) is 4.39 Å². The first-order valence-electron chi connectivity index (χ1n) is 19.3. The number of halogens is 1. The van der Waals surface area contributed by atoms with Gasteiger partial charge in [0.2, 0.25) is 0 Å². The molecule has 2 aliphatic rings. The molecule has 0 atom stereocenters. The van der Waals surface area contributed by atoms with E-state index in [9.17, 15) is 9.18 Å². The molecule has 1 saturated carbocycles. The van der Waals surface area contributed by atoms with E-state index in [1.807, 2.05) is 6.92 Å². The average molecular weight is 678 g/mol. The zero-order chi connectivity index (χ0) is 36.4. The Hall–Kier alpha value is -3.33. The molecule has 2 aromatic carbocycles. The number of carbonyl (C=O) groups excluding carboxylic acids is 1. The lowest BCUT2D eigenvalue weighted by atomic mass is 9.90. The van der Waals surface area contributed by atoms with E-state index in [1.54, 1.807) is 34.9 Å². The number of hydrogen-bond acceptors (Lipinski definition) is 5.